The molecule has 2 aromatic carbocycles. The molecule has 6 nitrogen and oxygen atoms in total. The third kappa shape index (κ3) is 5.41. The van der Waals surface area contributed by atoms with Gasteiger partial charge in [0.1, 0.15) is 5.75 Å². The van der Waals surface area contributed by atoms with E-state index in [9.17, 15) is 14.4 Å². The minimum Gasteiger partial charge on any atom is -0.494 e. The summed E-state index contributed by atoms with van der Waals surface area (Å²) in [6.07, 6.45) is 0. The zero-order valence-corrected chi connectivity index (χ0v) is 16.0. The van der Waals surface area contributed by atoms with E-state index in [1.54, 1.807) is 31.2 Å². The Morgan fingerprint density at radius 2 is 1.70 bits per heavy atom. The van der Waals surface area contributed by atoms with Gasteiger partial charge in [-0.25, -0.2) is 0 Å². The first kappa shape index (κ1) is 20.2. The fourth-order valence-electron chi connectivity index (χ4n) is 2.61. The number of amides is 2. The molecule has 1 unspecified atom stereocenters. The van der Waals surface area contributed by atoms with Crippen molar-refractivity contribution in [2.75, 3.05) is 11.9 Å². The topological polar surface area (TPSA) is 84.5 Å². The Morgan fingerprint density at radius 1 is 1.04 bits per heavy atom. The number of Topliss-reactive ketones (excluding diaryl/α,β-unsaturated/α-hetero) is 1. The SMILES string of the molecule is CCOc1ccc(C)cc1C(C)NC(=O)C(=O)Nc1ccc(C(C)=O)cc1. The molecule has 2 rings (SSSR count). The number of hydrogen-bond donors (Lipinski definition) is 2. The molecular formula is C21H24N2O4. The molecule has 0 saturated carbocycles. The van der Waals surface area contributed by atoms with E-state index in [1.165, 1.54) is 6.92 Å². The van der Waals surface area contributed by atoms with Gasteiger partial charge in [-0.05, 0) is 58.0 Å². The molecule has 0 aromatic heterocycles. The highest BCUT2D eigenvalue weighted by atomic mass is 16.5. The van der Waals surface area contributed by atoms with Gasteiger partial charge in [-0.2, -0.15) is 0 Å². The number of carbonyl (C=O) groups excluding carboxylic acids is 3. The predicted molar refractivity (Wildman–Crippen MR) is 104 cm³/mol. The van der Waals surface area contributed by atoms with E-state index >= 15 is 0 Å². The van der Waals surface area contributed by atoms with Crippen molar-refractivity contribution in [1.82, 2.24) is 5.32 Å². The summed E-state index contributed by atoms with van der Waals surface area (Å²) in [7, 11) is 0. The zero-order valence-electron chi connectivity index (χ0n) is 16.0. The Balaban J connectivity index is 2.04. The van der Waals surface area contributed by atoms with Crippen LogP contribution in [-0.4, -0.2) is 24.2 Å². The summed E-state index contributed by atoms with van der Waals surface area (Å²) in [5.74, 6) is -0.913. The van der Waals surface area contributed by atoms with Crippen LogP contribution in [0, 0.1) is 6.92 Å². The van der Waals surface area contributed by atoms with E-state index < -0.39 is 17.9 Å². The summed E-state index contributed by atoms with van der Waals surface area (Å²) in [6, 6.07) is 11.7. The summed E-state index contributed by atoms with van der Waals surface area (Å²) in [5, 5.41) is 5.21. The maximum absolute atomic E-state index is 12.2. The third-order valence-corrected chi connectivity index (χ3v) is 4.03. The van der Waals surface area contributed by atoms with Crippen LogP contribution in [0.1, 0.15) is 48.3 Å². The van der Waals surface area contributed by atoms with E-state index in [-0.39, 0.29) is 5.78 Å². The highest BCUT2D eigenvalue weighted by molar-refractivity contribution is 6.39. The van der Waals surface area contributed by atoms with Crippen LogP contribution in [0.25, 0.3) is 0 Å². The molecule has 2 aromatic rings. The summed E-state index contributed by atoms with van der Waals surface area (Å²) < 4.78 is 5.60. The van der Waals surface area contributed by atoms with Crippen molar-refractivity contribution in [3.05, 3.63) is 59.2 Å². The van der Waals surface area contributed by atoms with Gasteiger partial charge >= 0.3 is 11.8 Å². The molecule has 0 saturated heterocycles. The van der Waals surface area contributed by atoms with Gasteiger partial charge < -0.3 is 15.4 Å². The average molecular weight is 368 g/mol. The minimum atomic E-state index is -0.775. The van der Waals surface area contributed by atoms with Crippen molar-refractivity contribution in [2.24, 2.45) is 0 Å². The number of anilines is 1. The van der Waals surface area contributed by atoms with Crippen LogP contribution in [0.3, 0.4) is 0 Å². The van der Waals surface area contributed by atoms with Crippen LogP contribution in [0.4, 0.5) is 5.69 Å². The summed E-state index contributed by atoms with van der Waals surface area (Å²) in [5.41, 5.74) is 2.82. The molecule has 0 aliphatic rings. The Labute approximate surface area is 158 Å². The normalized spacial score (nSPS) is 11.4. The van der Waals surface area contributed by atoms with Gasteiger partial charge in [-0.15, -0.1) is 0 Å². The van der Waals surface area contributed by atoms with Crippen molar-refractivity contribution in [2.45, 2.75) is 33.7 Å². The molecule has 0 radical (unpaired) electrons. The van der Waals surface area contributed by atoms with E-state index in [4.69, 9.17) is 4.74 Å². The number of hydrogen-bond acceptors (Lipinski definition) is 4. The largest absolute Gasteiger partial charge is 0.494 e. The van der Waals surface area contributed by atoms with Crippen LogP contribution in [0.5, 0.6) is 5.75 Å². The number of benzene rings is 2. The number of ketones is 1. The van der Waals surface area contributed by atoms with Crippen molar-refractivity contribution in [1.29, 1.82) is 0 Å². The lowest BCUT2D eigenvalue weighted by molar-refractivity contribution is -0.136. The quantitative estimate of drug-likeness (QED) is 0.604. The van der Waals surface area contributed by atoms with Gasteiger partial charge in [-0.3, -0.25) is 14.4 Å². The molecule has 2 amide bonds. The highest BCUT2D eigenvalue weighted by Gasteiger charge is 2.19. The molecule has 6 heteroatoms. The standard InChI is InChI=1S/C21H24N2O4/c1-5-27-19-11-6-13(2)12-18(19)14(3)22-20(25)21(26)23-17-9-7-16(8-10-17)15(4)24/h6-12,14H,5H2,1-4H3,(H,22,25)(H,23,26). The van der Waals surface area contributed by atoms with Gasteiger partial charge in [0.2, 0.25) is 0 Å². The first-order chi connectivity index (χ1) is 12.8. The number of ether oxygens (including phenoxy) is 1. The van der Waals surface area contributed by atoms with Crippen LogP contribution >= 0.6 is 0 Å². The fourth-order valence-corrected chi connectivity index (χ4v) is 2.61. The molecule has 142 valence electrons. The van der Waals surface area contributed by atoms with Crippen LogP contribution in [0.15, 0.2) is 42.5 Å². The van der Waals surface area contributed by atoms with Crippen molar-refractivity contribution < 1.29 is 19.1 Å². The van der Waals surface area contributed by atoms with E-state index in [2.05, 4.69) is 10.6 Å². The molecule has 0 heterocycles. The van der Waals surface area contributed by atoms with Crippen molar-refractivity contribution in [3.8, 4) is 5.75 Å². The van der Waals surface area contributed by atoms with Gasteiger partial charge in [-0.1, -0.05) is 17.7 Å². The maximum Gasteiger partial charge on any atom is 0.313 e. The molecule has 0 spiro atoms. The lowest BCUT2D eigenvalue weighted by atomic mass is 10.0. The number of rotatable bonds is 6. The molecule has 1 atom stereocenters. The first-order valence-corrected chi connectivity index (χ1v) is 8.78. The maximum atomic E-state index is 12.2. The molecule has 0 aliphatic heterocycles. The van der Waals surface area contributed by atoms with Gasteiger partial charge in [0, 0.05) is 16.8 Å². The fraction of sp³-hybridized carbons (Fsp3) is 0.286. The number of aryl methyl sites for hydroxylation is 1. The molecule has 0 fully saturated rings. The molecule has 0 bridgehead atoms. The highest BCUT2D eigenvalue weighted by Crippen LogP contribution is 2.26. The minimum absolute atomic E-state index is 0.0669. The lowest BCUT2D eigenvalue weighted by Crippen LogP contribution is -2.37. The van der Waals surface area contributed by atoms with Crippen LogP contribution in [0.2, 0.25) is 0 Å². The molecule has 2 N–H and O–H groups in total. The summed E-state index contributed by atoms with van der Waals surface area (Å²) in [6.45, 7) is 7.60. The Morgan fingerprint density at radius 3 is 2.30 bits per heavy atom. The van der Waals surface area contributed by atoms with E-state index in [0.29, 0.717) is 23.6 Å². The second-order valence-corrected chi connectivity index (χ2v) is 6.26. The summed E-state index contributed by atoms with van der Waals surface area (Å²) >= 11 is 0. The predicted octanol–water partition coefficient (Wildman–Crippen LogP) is 3.41. The summed E-state index contributed by atoms with van der Waals surface area (Å²) in [4.78, 5) is 35.7. The molecular weight excluding hydrogens is 344 g/mol. The zero-order chi connectivity index (χ0) is 20.0. The number of nitrogens with one attached hydrogen (secondary N) is 2. The van der Waals surface area contributed by atoms with E-state index in [0.717, 1.165) is 11.1 Å². The number of carbonyl (C=O) groups is 3. The Kier molecular flexibility index (Phi) is 6.71. The van der Waals surface area contributed by atoms with E-state index in [1.807, 2.05) is 32.0 Å². The first-order valence-electron chi connectivity index (χ1n) is 8.78. The second-order valence-electron chi connectivity index (χ2n) is 6.26. The smallest absolute Gasteiger partial charge is 0.313 e. The van der Waals surface area contributed by atoms with Crippen molar-refractivity contribution in [3.63, 3.8) is 0 Å². The monoisotopic (exact) mass is 368 g/mol. The van der Waals surface area contributed by atoms with Gasteiger partial charge in [0.25, 0.3) is 0 Å². The second kappa shape index (κ2) is 8.98. The average Bonchev–Trinajstić information content (AvgIpc) is 2.63. The molecule has 27 heavy (non-hydrogen) atoms. The van der Waals surface area contributed by atoms with Gasteiger partial charge in [0.15, 0.2) is 5.78 Å². The lowest BCUT2D eigenvalue weighted by Gasteiger charge is -2.18. The van der Waals surface area contributed by atoms with Crippen LogP contribution < -0.4 is 15.4 Å². The van der Waals surface area contributed by atoms with Crippen LogP contribution in [-0.2, 0) is 9.59 Å². The Hall–Kier alpha value is -3.15. The third-order valence-electron chi connectivity index (χ3n) is 4.03. The van der Waals surface area contributed by atoms with Gasteiger partial charge in [0.05, 0.1) is 12.6 Å². The van der Waals surface area contributed by atoms with Crippen molar-refractivity contribution >= 4 is 23.3 Å². The molecule has 0 aliphatic carbocycles. The Bertz CT molecular complexity index is 844.